The fourth-order valence-electron chi connectivity index (χ4n) is 2.65. The fraction of sp³-hybridized carbons (Fsp3) is 0.533. The number of ether oxygens (including phenoxy) is 1. The lowest BCUT2D eigenvalue weighted by Crippen LogP contribution is -2.42. The molecule has 122 valence electrons. The van der Waals surface area contributed by atoms with Gasteiger partial charge in [-0.1, -0.05) is 28.9 Å². The molecule has 1 aromatic rings. The van der Waals surface area contributed by atoms with Crippen LogP contribution < -0.4 is 4.74 Å². The van der Waals surface area contributed by atoms with Gasteiger partial charge >= 0.3 is 12.1 Å². The number of amides is 1. The molecule has 1 aliphatic heterocycles. The molecule has 0 aliphatic carbocycles. The van der Waals surface area contributed by atoms with E-state index < -0.39 is 12.1 Å². The van der Waals surface area contributed by atoms with Crippen LogP contribution in [0.2, 0.25) is 0 Å². The molecule has 1 amide bonds. The highest BCUT2D eigenvalue weighted by molar-refractivity contribution is 9.09. The van der Waals surface area contributed by atoms with Gasteiger partial charge in [0.15, 0.2) is 0 Å². The van der Waals surface area contributed by atoms with E-state index in [1.165, 1.54) is 0 Å². The molecule has 1 heterocycles. The normalized spacial score (nSPS) is 18.6. The first kappa shape index (κ1) is 17.1. The molecule has 0 bridgehead atoms. The van der Waals surface area contributed by atoms with Gasteiger partial charge in [0.1, 0.15) is 5.75 Å². The second-order valence-corrected chi connectivity index (χ2v) is 6.09. The highest BCUT2D eigenvalue weighted by Crippen LogP contribution is 2.30. The zero-order valence-corrected chi connectivity index (χ0v) is 13.7. The summed E-state index contributed by atoms with van der Waals surface area (Å²) < 4.78 is 43.4. The molecule has 1 aliphatic rings. The molecule has 1 atom stereocenters. The van der Waals surface area contributed by atoms with Crippen molar-refractivity contribution < 1.29 is 22.7 Å². The second-order valence-electron chi connectivity index (χ2n) is 5.30. The highest BCUT2D eigenvalue weighted by Gasteiger charge is 2.43. The van der Waals surface area contributed by atoms with E-state index >= 15 is 0 Å². The van der Waals surface area contributed by atoms with Crippen LogP contribution in [-0.4, -0.2) is 42.0 Å². The molecule has 0 N–H and O–H groups in total. The van der Waals surface area contributed by atoms with E-state index in [1.54, 1.807) is 0 Å². The minimum atomic E-state index is -4.82. The third-order valence-corrected chi connectivity index (χ3v) is 3.99. The largest absolute Gasteiger partial charge is 0.493 e. The maximum atomic E-state index is 12.6. The van der Waals surface area contributed by atoms with E-state index in [0.717, 1.165) is 16.0 Å². The molecule has 0 aromatic heterocycles. The van der Waals surface area contributed by atoms with Crippen LogP contribution >= 0.6 is 15.9 Å². The molecule has 0 spiro atoms. The Morgan fingerprint density at radius 3 is 2.82 bits per heavy atom. The smallest absolute Gasteiger partial charge is 0.471 e. The minimum Gasteiger partial charge on any atom is -0.493 e. The molecule has 7 heteroatoms. The maximum absolute atomic E-state index is 12.6. The summed E-state index contributed by atoms with van der Waals surface area (Å²) in [5, 5.41) is 0.702. The van der Waals surface area contributed by atoms with E-state index in [9.17, 15) is 18.0 Å². The van der Waals surface area contributed by atoms with Gasteiger partial charge in [-0.05, 0) is 35.6 Å². The molecule has 0 fully saturated rings. The average Bonchev–Trinajstić information content (AvgIpc) is 2.63. The van der Waals surface area contributed by atoms with Crippen molar-refractivity contribution in [3.8, 4) is 5.75 Å². The lowest BCUT2D eigenvalue weighted by molar-refractivity contribution is -0.185. The number of hydrogen-bond donors (Lipinski definition) is 0. The van der Waals surface area contributed by atoms with Gasteiger partial charge in [0.05, 0.1) is 6.61 Å². The van der Waals surface area contributed by atoms with Gasteiger partial charge in [0.2, 0.25) is 0 Å². The minimum absolute atomic E-state index is 0.0627. The molecular weight excluding hydrogens is 363 g/mol. The Labute approximate surface area is 135 Å². The van der Waals surface area contributed by atoms with Gasteiger partial charge in [0.25, 0.3) is 0 Å². The monoisotopic (exact) mass is 379 g/mol. The van der Waals surface area contributed by atoms with Crippen molar-refractivity contribution in [1.82, 2.24) is 4.90 Å². The molecule has 0 radical (unpaired) electrons. The fourth-order valence-corrected chi connectivity index (χ4v) is 2.81. The lowest BCUT2D eigenvalue weighted by atomic mass is 9.95. The molecule has 22 heavy (non-hydrogen) atoms. The summed E-state index contributed by atoms with van der Waals surface area (Å²) in [6.45, 7) is 2.49. The quantitative estimate of drug-likeness (QED) is 0.752. The number of nitrogens with zero attached hydrogens (tertiary/aromatic N) is 1. The maximum Gasteiger partial charge on any atom is 0.471 e. The Morgan fingerprint density at radius 1 is 1.45 bits per heavy atom. The summed E-state index contributed by atoms with van der Waals surface area (Å²) in [4.78, 5) is 12.3. The second kappa shape index (κ2) is 6.89. The van der Waals surface area contributed by atoms with E-state index in [4.69, 9.17) is 4.74 Å². The summed E-state index contributed by atoms with van der Waals surface area (Å²) in [5.41, 5.74) is 1.92. The van der Waals surface area contributed by atoms with Gasteiger partial charge in [-0.15, -0.1) is 0 Å². The number of fused-ring (bicyclic) bond motifs is 1. The van der Waals surface area contributed by atoms with Crippen molar-refractivity contribution in [2.75, 3.05) is 25.0 Å². The molecular formula is C15H17BrF3NO2. The molecule has 1 aromatic carbocycles. The number of carbonyl (C=O) groups is 1. The summed E-state index contributed by atoms with van der Waals surface area (Å²) in [5.74, 6) is -1.24. The van der Waals surface area contributed by atoms with Crippen LogP contribution in [-0.2, 0) is 11.2 Å². The van der Waals surface area contributed by atoms with Gasteiger partial charge in [-0.3, -0.25) is 4.79 Å². The standard InChI is InChI=1S/C15H17BrF3NO2/c1-10-9-20(14(21)15(17,18)19)6-4-11-2-3-12(8-13(10)11)22-7-5-16/h2-3,8,10H,4-7,9H2,1H3. The highest BCUT2D eigenvalue weighted by atomic mass is 79.9. The predicted molar refractivity (Wildman–Crippen MR) is 80.5 cm³/mol. The van der Waals surface area contributed by atoms with Crippen LogP contribution in [0.5, 0.6) is 5.75 Å². The van der Waals surface area contributed by atoms with Crippen LogP contribution in [0.4, 0.5) is 13.2 Å². The molecule has 1 unspecified atom stereocenters. The van der Waals surface area contributed by atoms with Gasteiger partial charge in [0, 0.05) is 18.4 Å². The van der Waals surface area contributed by atoms with Crippen molar-refractivity contribution in [2.45, 2.75) is 25.4 Å². The molecule has 0 saturated heterocycles. The number of alkyl halides is 4. The van der Waals surface area contributed by atoms with Crippen molar-refractivity contribution in [1.29, 1.82) is 0 Å². The van der Waals surface area contributed by atoms with E-state index in [2.05, 4.69) is 15.9 Å². The Hall–Kier alpha value is -1.24. The van der Waals surface area contributed by atoms with Gasteiger partial charge < -0.3 is 9.64 Å². The summed E-state index contributed by atoms with van der Waals surface area (Å²) >= 11 is 3.27. The predicted octanol–water partition coefficient (Wildman–Crippen LogP) is 3.51. The van der Waals surface area contributed by atoms with E-state index in [0.29, 0.717) is 24.1 Å². The molecule has 3 nitrogen and oxygen atoms in total. The molecule has 2 rings (SSSR count). The number of carbonyl (C=O) groups excluding carboxylic acids is 1. The van der Waals surface area contributed by atoms with Crippen LogP contribution in [0.1, 0.15) is 24.0 Å². The third kappa shape index (κ3) is 3.94. The van der Waals surface area contributed by atoms with Gasteiger partial charge in [-0.25, -0.2) is 0 Å². The summed E-state index contributed by atoms with van der Waals surface area (Å²) in [6.07, 6.45) is -4.40. The Morgan fingerprint density at radius 2 is 2.18 bits per heavy atom. The Bertz CT molecular complexity index is 548. The van der Waals surface area contributed by atoms with Crippen molar-refractivity contribution in [3.63, 3.8) is 0 Å². The summed E-state index contributed by atoms with van der Waals surface area (Å²) in [7, 11) is 0. The topological polar surface area (TPSA) is 29.5 Å². The van der Waals surface area contributed by atoms with Crippen molar-refractivity contribution in [3.05, 3.63) is 29.3 Å². The third-order valence-electron chi connectivity index (χ3n) is 3.67. The average molecular weight is 380 g/mol. The molecule has 0 saturated carbocycles. The SMILES string of the molecule is CC1CN(C(=O)C(F)(F)F)CCc2ccc(OCCBr)cc21. The number of halogens is 4. The van der Waals surface area contributed by atoms with Crippen LogP contribution in [0, 0.1) is 0 Å². The van der Waals surface area contributed by atoms with Crippen LogP contribution in [0.15, 0.2) is 18.2 Å². The first-order chi connectivity index (χ1) is 10.3. The van der Waals surface area contributed by atoms with Crippen LogP contribution in [0.25, 0.3) is 0 Å². The Balaban J connectivity index is 2.19. The zero-order chi connectivity index (χ0) is 16.3. The van der Waals surface area contributed by atoms with Crippen LogP contribution in [0.3, 0.4) is 0 Å². The first-order valence-corrected chi connectivity index (χ1v) is 8.12. The van der Waals surface area contributed by atoms with Gasteiger partial charge in [-0.2, -0.15) is 13.2 Å². The number of benzene rings is 1. The van der Waals surface area contributed by atoms with E-state index in [-0.39, 0.29) is 19.0 Å². The Kier molecular flexibility index (Phi) is 5.36. The first-order valence-electron chi connectivity index (χ1n) is 7.00. The number of rotatable bonds is 3. The van der Waals surface area contributed by atoms with E-state index in [1.807, 2.05) is 25.1 Å². The number of hydrogen-bond acceptors (Lipinski definition) is 2. The van der Waals surface area contributed by atoms with Crippen molar-refractivity contribution >= 4 is 21.8 Å². The summed E-state index contributed by atoms with van der Waals surface area (Å²) in [6, 6.07) is 5.55. The van der Waals surface area contributed by atoms with Crippen molar-refractivity contribution in [2.24, 2.45) is 0 Å². The lowest BCUT2D eigenvalue weighted by Gasteiger charge is -2.24. The zero-order valence-electron chi connectivity index (χ0n) is 12.1.